The second-order valence-corrected chi connectivity index (χ2v) is 11.9. The third-order valence-electron chi connectivity index (χ3n) is 7.05. The number of amides is 2. The van der Waals surface area contributed by atoms with E-state index in [-0.39, 0.29) is 24.3 Å². The molecule has 0 aliphatic carbocycles. The lowest BCUT2D eigenvalue weighted by Gasteiger charge is -2.24. The second kappa shape index (κ2) is 14.2. The Labute approximate surface area is 251 Å². The van der Waals surface area contributed by atoms with Crippen LogP contribution >= 0.6 is 11.3 Å². The normalized spacial score (nSPS) is 17.5. The third kappa shape index (κ3) is 8.04. The van der Waals surface area contributed by atoms with Crippen molar-refractivity contribution >= 4 is 23.2 Å². The van der Waals surface area contributed by atoms with Gasteiger partial charge in [0.2, 0.25) is 11.8 Å². The van der Waals surface area contributed by atoms with E-state index in [1.165, 1.54) is 0 Å². The molecule has 4 aromatic rings. The van der Waals surface area contributed by atoms with E-state index >= 15 is 0 Å². The molecule has 2 amide bonds. The molecule has 220 valence electrons. The summed E-state index contributed by atoms with van der Waals surface area (Å²) in [6.07, 6.45) is 4.94. The monoisotopic (exact) mass is 586 g/mol. The van der Waals surface area contributed by atoms with Crippen LogP contribution in [0.2, 0.25) is 0 Å². The van der Waals surface area contributed by atoms with E-state index in [0.717, 1.165) is 39.8 Å². The van der Waals surface area contributed by atoms with Gasteiger partial charge in [-0.15, -0.1) is 11.3 Å². The van der Waals surface area contributed by atoms with E-state index in [4.69, 9.17) is 9.72 Å². The summed E-state index contributed by atoms with van der Waals surface area (Å²) in [5, 5.41) is 9.02. The molecule has 1 aliphatic heterocycles. The number of hydrogen-bond acceptors (Lipinski definition) is 7. The molecule has 0 saturated carbocycles. The van der Waals surface area contributed by atoms with Crippen LogP contribution in [-0.2, 0) is 22.7 Å². The Balaban J connectivity index is 1.35. The van der Waals surface area contributed by atoms with Crippen LogP contribution in [0.5, 0.6) is 5.75 Å². The van der Waals surface area contributed by atoms with Crippen molar-refractivity contribution in [3.05, 3.63) is 77.4 Å². The lowest BCUT2D eigenvalue weighted by atomic mass is 10.0. The summed E-state index contributed by atoms with van der Waals surface area (Å²) in [5.74, 6) is 1.47. The van der Waals surface area contributed by atoms with Gasteiger partial charge in [-0.3, -0.25) is 14.5 Å². The van der Waals surface area contributed by atoms with Crippen LogP contribution in [0.1, 0.15) is 31.7 Å². The SMILES string of the molecule is CC(C)C[C@H]1NC(=O)CN(Cc2nc(-c3ccccc3)cs2)CCCOc2cccc(c2)-c2nccn2CCNC1=O. The molecule has 2 aromatic heterocycles. The zero-order valence-electron chi connectivity index (χ0n) is 24.2. The molecule has 0 saturated heterocycles. The summed E-state index contributed by atoms with van der Waals surface area (Å²) >= 11 is 1.59. The molecule has 2 N–H and O–H groups in total. The predicted molar refractivity (Wildman–Crippen MR) is 165 cm³/mol. The molecule has 9 nitrogen and oxygen atoms in total. The number of imidazole rings is 1. The molecule has 0 unspecified atom stereocenters. The van der Waals surface area contributed by atoms with Crippen LogP contribution in [0.3, 0.4) is 0 Å². The van der Waals surface area contributed by atoms with Gasteiger partial charge in [0.15, 0.2) is 0 Å². The number of nitrogens with zero attached hydrogens (tertiary/aromatic N) is 4. The average molecular weight is 587 g/mol. The van der Waals surface area contributed by atoms with Crippen molar-refractivity contribution in [2.24, 2.45) is 5.92 Å². The lowest BCUT2D eigenvalue weighted by molar-refractivity contribution is -0.130. The number of thiazole rings is 1. The maximum atomic E-state index is 13.3. The first-order chi connectivity index (χ1) is 20.4. The highest BCUT2D eigenvalue weighted by Gasteiger charge is 2.23. The second-order valence-electron chi connectivity index (χ2n) is 10.9. The quantitative estimate of drug-likeness (QED) is 0.354. The van der Waals surface area contributed by atoms with Crippen LogP contribution in [0.15, 0.2) is 72.4 Å². The van der Waals surface area contributed by atoms with Gasteiger partial charge in [-0.05, 0) is 30.9 Å². The zero-order valence-corrected chi connectivity index (χ0v) is 25.0. The maximum Gasteiger partial charge on any atom is 0.242 e. The number of aromatic nitrogens is 3. The number of ether oxygens (including phenoxy) is 1. The Morgan fingerprint density at radius 1 is 1.07 bits per heavy atom. The van der Waals surface area contributed by atoms with E-state index < -0.39 is 6.04 Å². The van der Waals surface area contributed by atoms with Crippen LogP contribution in [0.25, 0.3) is 22.6 Å². The number of rotatable bonds is 5. The molecule has 0 spiro atoms. The maximum absolute atomic E-state index is 13.3. The fourth-order valence-corrected chi connectivity index (χ4v) is 5.90. The first kappa shape index (κ1) is 29.5. The minimum absolute atomic E-state index is 0.163. The minimum Gasteiger partial charge on any atom is -0.494 e. The molecule has 10 heteroatoms. The van der Waals surface area contributed by atoms with Gasteiger partial charge in [0.25, 0.3) is 0 Å². The Morgan fingerprint density at radius 3 is 2.74 bits per heavy atom. The molecule has 42 heavy (non-hydrogen) atoms. The Morgan fingerprint density at radius 2 is 1.90 bits per heavy atom. The van der Waals surface area contributed by atoms with Crippen molar-refractivity contribution in [1.82, 2.24) is 30.1 Å². The Hall–Kier alpha value is -4.02. The summed E-state index contributed by atoms with van der Waals surface area (Å²) in [7, 11) is 0. The zero-order chi connectivity index (χ0) is 29.3. The van der Waals surface area contributed by atoms with E-state index in [1.807, 2.05) is 65.4 Å². The molecule has 1 atom stereocenters. The van der Waals surface area contributed by atoms with Crippen LogP contribution in [0, 0.1) is 5.92 Å². The highest BCUT2D eigenvalue weighted by atomic mass is 32.1. The average Bonchev–Trinajstić information content (AvgIpc) is 3.65. The molecule has 0 fully saturated rings. The highest BCUT2D eigenvalue weighted by Crippen LogP contribution is 2.24. The summed E-state index contributed by atoms with van der Waals surface area (Å²) < 4.78 is 8.12. The van der Waals surface area contributed by atoms with Crippen molar-refractivity contribution in [3.63, 3.8) is 0 Å². The van der Waals surface area contributed by atoms with Gasteiger partial charge >= 0.3 is 0 Å². The van der Waals surface area contributed by atoms with Gasteiger partial charge < -0.3 is 19.9 Å². The topological polar surface area (TPSA) is 101 Å². The van der Waals surface area contributed by atoms with Gasteiger partial charge in [-0.25, -0.2) is 9.97 Å². The summed E-state index contributed by atoms with van der Waals surface area (Å²) in [5.41, 5.74) is 2.95. The first-order valence-electron chi connectivity index (χ1n) is 14.5. The predicted octanol–water partition coefficient (Wildman–Crippen LogP) is 4.61. The molecule has 1 aliphatic rings. The number of benzene rings is 2. The first-order valence-corrected chi connectivity index (χ1v) is 15.4. The standard InChI is InChI=1S/C32H38N6O3S/c1-23(2)18-27-32(40)34-13-16-38-15-12-33-31(38)25-10-6-11-26(19-25)41-17-7-14-37(20-29(39)35-27)21-30-36-28(22-42-30)24-8-4-3-5-9-24/h3-6,8-12,15,19,22-23,27H,7,13-14,16-18,20-21H2,1-2H3,(H,34,40)(H,35,39)/t27-/m1/s1. The summed E-state index contributed by atoms with van der Waals surface area (Å²) in [6.45, 7) is 6.91. The van der Waals surface area contributed by atoms with Crippen molar-refractivity contribution in [1.29, 1.82) is 0 Å². The number of carbonyl (C=O) groups is 2. The highest BCUT2D eigenvalue weighted by molar-refractivity contribution is 7.09. The van der Waals surface area contributed by atoms with Gasteiger partial charge in [-0.2, -0.15) is 0 Å². The van der Waals surface area contributed by atoms with Crippen LogP contribution in [0.4, 0.5) is 0 Å². The molecular weight excluding hydrogens is 548 g/mol. The van der Waals surface area contributed by atoms with Crippen molar-refractivity contribution in [2.45, 2.75) is 45.8 Å². The van der Waals surface area contributed by atoms with E-state index in [0.29, 0.717) is 39.2 Å². The van der Waals surface area contributed by atoms with Gasteiger partial charge in [-0.1, -0.05) is 56.3 Å². The van der Waals surface area contributed by atoms with Crippen LogP contribution < -0.4 is 15.4 Å². The van der Waals surface area contributed by atoms with Crippen molar-refractivity contribution in [2.75, 3.05) is 26.2 Å². The van der Waals surface area contributed by atoms with Gasteiger partial charge in [0, 0.05) is 48.5 Å². The molecule has 3 heterocycles. The largest absolute Gasteiger partial charge is 0.494 e. The third-order valence-corrected chi connectivity index (χ3v) is 7.89. The molecular formula is C32H38N6O3S. The lowest BCUT2D eigenvalue weighted by Crippen LogP contribution is -2.50. The fourth-order valence-electron chi connectivity index (χ4n) is 5.05. The molecule has 2 aromatic carbocycles. The summed E-state index contributed by atoms with van der Waals surface area (Å²) in [6, 6.07) is 17.4. The van der Waals surface area contributed by atoms with E-state index in [2.05, 4.69) is 39.7 Å². The Bertz CT molecular complexity index is 1470. The van der Waals surface area contributed by atoms with E-state index in [9.17, 15) is 9.59 Å². The minimum atomic E-state index is -0.606. The van der Waals surface area contributed by atoms with E-state index in [1.54, 1.807) is 17.5 Å². The number of fused-ring (bicyclic) bond motifs is 4. The summed E-state index contributed by atoms with van der Waals surface area (Å²) in [4.78, 5) is 38.0. The molecule has 5 rings (SSSR count). The van der Waals surface area contributed by atoms with Crippen molar-refractivity contribution < 1.29 is 14.3 Å². The fraction of sp³-hybridized carbons (Fsp3) is 0.375. The van der Waals surface area contributed by atoms with Gasteiger partial charge in [0.1, 0.15) is 22.6 Å². The van der Waals surface area contributed by atoms with Crippen molar-refractivity contribution in [3.8, 4) is 28.4 Å². The Kier molecular flexibility index (Phi) is 9.99. The number of hydrogen-bond donors (Lipinski definition) is 2. The molecule has 2 bridgehead atoms. The van der Waals surface area contributed by atoms with Crippen LogP contribution in [-0.4, -0.2) is 63.5 Å². The molecule has 0 radical (unpaired) electrons. The number of carbonyl (C=O) groups excluding carboxylic acids is 2. The van der Waals surface area contributed by atoms with Gasteiger partial charge in [0.05, 0.1) is 25.4 Å². The smallest absolute Gasteiger partial charge is 0.242 e. The number of nitrogens with one attached hydrogen (secondary N) is 2.